The predicted octanol–water partition coefficient (Wildman–Crippen LogP) is 11.4. The maximum atomic E-state index is 7.53. The molecule has 2 N–H and O–H groups in total. The van der Waals surface area contributed by atoms with Crippen LogP contribution in [0.3, 0.4) is 0 Å². The molecular weight excluding hydrogens is 544 g/mol. The highest BCUT2D eigenvalue weighted by molar-refractivity contribution is 6.17. The van der Waals surface area contributed by atoms with Gasteiger partial charge in [-0.3, -0.25) is 0 Å². The number of hydrogen-bond acceptors (Lipinski definition) is 2. The average molecular weight is 577 g/mol. The molecule has 0 saturated carbocycles. The van der Waals surface area contributed by atoms with Crippen LogP contribution in [0.2, 0.25) is 0 Å². The normalized spacial score (nSPS) is 11.3. The topological polar surface area (TPSA) is 29.3 Å². The largest absolute Gasteiger partial charge is 0.396 e. The van der Waals surface area contributed by atoms with E-state index < -0.39 is 0 Å². The number of nitrogen functional groups attached to an aromatic ring is 1. The first-order chi connectivity index (χ1) is 22.2. The SMILES string of the molecule is Nc1c(N(Cc2ccccc2)c2ccccc2)c(-c2ccc3ccccc3c2)c2ccccc2c1-c1ccc2ccccc2c1. The van der Waals surface area contributed by atoms with E-state index in [1.807, 2.05) is 0 Å². The zero-order valence-corrected chi connectivity index (χ0v) is 24.9. The van der Waals surface area contributed by atoms with Crippen LogP contribution >= 0.6 is 0 Å². The third kappa shape index (κ3) is 4.87. The molecule has 0 aliphatic rings. The Labute approximate surface area is 263 Å². The van der Waals surface area contributed by atoms with Crippen LogP contribution in [0.25, 0.3) is 54.6 Å². The Kier molecular flexibility index (Phi) is 6.73. The summed E-state index contributed by atoms with van der Waals surface area (Å²) >= 11 is 0. The van der Waals surface area contributed by atoms with Crippen molar-refractivity contribution in [1.29, 1.82) is 0 Å². The lowest BCUT2D eigenvalue weighted by Crippen LogP contribution is -2.19. The smallest absolute Gasteiger partial charge is 0.0740 e. The summed E-state index contributed by atoms with van der Waals surface area (Å²) in [5, 5.41) is 7.16. The minimum Gasteiger partial charge on any atom is -0.396 e. The Morgan fingerprint density at radius 3 is 1.49 bits per heavy atom. The summed E-state index contributed by atoms with van der Waals surface area (Å²) in [5.41, 5.74) is 16.1. The fraction of sp³-hybridized carbons (Fsp3) is 0.0233. The number of rotatable bonds is 6. The standard InChI is InChI=1S/C43H32N2/c44-42-40(35-25-23-31-15-7-9-17-33(31)27-35)38-21-11-12-22-39(38)41(36-26-24-32-16-8-10-18-34(32)28-36)43(42)45(37-19-5-2-6-20-37)29-30-13-3-1-4-14-30/h1-28H,29,44H2. The molecule has 2 nitrogen and oxygen atoms in total. The highest BCUT2D eigenvalue weighted by Crippen LogP contribution is 2.51. The van der Waals surface area contributed by atoms with E-state index in [2.05, 4.69) is 175 Å². The van der Waals surface area contributed by atoms with Crippen molar-refractivity contribution < 1.29 is 0 Å². The van der Waals surface area contributed by atoms with E-state index in [1.165, 1.54) is 32.5 Å². The van der Waals surface area contributed by atoms with Crippen LogP contribution in [0, 0.1) is 0 Å². The molecule has 2 heteroatoms. The van der Waals surface area contributed by atoms with Crippen molar-refractivity contribution in [3.05, 3.63) is 175 Å². The summed E-state index contributed by atoms with van der Waals surface area (Å²) in [5.74, 6) is 0. The monoisotopic (exact) mass is 576 g/mol. The van der Waals surface area contributed by atoms with Crippen molar-refractivity contribution >= 4 is 49.4 Å². The van der Waals surface area contributed by atoms with Gasteiger partial charge < -0.3 is 10.6 Å². The molecule has 8 aromatic rings. The summed E-state index contributed by atoms with van der Waals surface area (Å²) < 4.78 is 0. The van der Waals surface area contributed by atoms with Gasteiger partial charge in [-0.25, -0.2) is 0 Å². The van der Waals surface area contributed by atoms with Gasteiger partial charge in [0.15, 0.2) is 0 Å². The number of para-hydroxylation sites is 1. The Morgan fingerprint density at radius 2 is 0.889 bits per heavy atom. The lowest BCUT2D eigenvalue weighted by Gasteiger charge is -2.31. The summed E-state index contributed by atoms with van der Waals surface area (Å²) in [4.78, 5) is 2.40. The molecule has 0 heterocycles. The fourth-order valence-corrected chi connectivity index (χ4v) is 6.69. The summed E-state index contributed by atoms with van der Waals surface area (Å²) in [7, 11) is 0. The van der Waals surface area contributed by atoms with Gasteiger partial charge in [0.2, 0.25) is 0 Å². The first kappa shape index (κ1) is 26.7. The fourth-order valence-electron chi connectivity index (χ4n) is 6.69. The Hall–Kier alpha value is -5.86. The van der Waals surface area contributed by atoms with Gasteiger partial charge in [-0.05, 0) is 73.3 Å². The van der Waals surface area contributed by atoms with Crippen LogP contribution in [0.1, 0.15) is 5.56 Å². The van der Waals surface area contributed by atoms with Crippen molar-refractivity contribution in [3.63, 3.8) is 0 Å². The van der Waals surface area contributed by atoms with Crippen molar-refractivity contribution in [2.24, 2.45) is 0 Å². The van der Waals surface area contributed by atoms with Crippen LogP contribution < -0.4 is 10.6 Å². The third-order valence-corrected chi connectivity index (χ3v) is 8.82. The summed E-state index contributed by atoms with van der Waals surface area (Å²) in [6.45, 7) is 0.672. The Morgan fingerprint density at radius 1 is 0.422 bits per heavy atom. The minimum absolute atomic E-state index is 0.672. The van der Waals surface area contributed by atoms with E-state index in [4.69, 9.17) is 5.73 Å². The average Bonchev–Trinajstić information content (AvgIpc) is 3.11. The second-order valence-corrected chi connectivity index (χ2v) is 11.6. The highest BCUT2D eigenvalue weighted by atomic mass is 15.1. The molecule has 0 unspecified atom stereocenters. The zero-order valence-electron chi connectivity index (χ0n) is 24.9. The lowest BCUT2D eigenvalue weighted by molar-refractivity contribution is 0.979. The predicted molar refractivity (Wildman–Crippen MR) is 193 cm³/mol. The van der Waals surface area contributed by atoms with E-state index >= 15 is 0 Å². The number of nitrogens with zero attached hydrogens (tertiary/aromatic N) is 1. The maximum absolute atomic E-state index is 7.53. The van der Waals surface area contributed by atoms with Crippen LogP contribution in [0.15, 0.2) is 170 Å². The molecule has 0 bridgehead atoms. The first-order valence-electron chi connectivity index (χ1n) is 15.4. The zero-order chi connectivity index (χ0) is 30.2. The van der Waals surface area contributed by atoms with E-state index in [0.717, 1.165) is 44.7 Å². The molecule has 0 atom stereocenters. The lowest BCUT2D eigenvalue weighted by atomic mass is 9.87. The van der Waals surface area contributed by atoms with Crippen molar-refractivity contribution in [3.8, 4) is 22.3 Å². The van der Waals surface area contributed by atoms with E-state index in [9.17, 15) is 0 Å². The maximum Gasteiger partial charge on any atom is 0.0740 e. The van der Waals surface area contributed by atoms with Crippen molar-refractivity contribution in [1.82, 2.24) is 0 Å². The third-order valence-electron chi connectivity index (χ3n) is 8.82. The molecule has 8 aromatic carbocycles. The second-order valence-electron chi connectivity index (χ2n) is 11.6. The second kappa shape index (κ2) is 11.3. The van der Waals surface area contributed by atoms with Crippen LogP contribution in [0.4, 0.5) is 17.1 Å². The minimum atomic E-state index is 0.672. The molecule has 0 saturated heterocycles. The molecule has 0 spiro atoms. The number of benzene rings is 8. The summed E-state index contributed by atoms with van der Waals surface area (Å²) in [6, 6.07) is 60.5. The Balaban J connectivity index is 1.49. The molecule has 214 valence electrons. The van der Waals surface area contributed by atoms with Crippen LogP contribution in [0.5, 0.6) is 0 Å². The first-order valence-corrected chi connectivity index (χ1v) is 15.4. The quantitative estimate of drug-likeness (QED) is 0.200. The van der Waals surface area contributed by atoms with Gasteiger partial charge in [0, 0.05) is 23.4 Å². The van der Waals surface area contributed by atoms with Crippen molar-refractivity contribution in [2.45, 2.75) is 6.54 Å². The van der Waals surface area contributed by atoms with Gasteiger partial charge in [-0.2, -0.15) is 0 Å². The van der Waals surface area contributed by atoms with Crippen molar-refractivity contribution in [2.75, 3.05) is 10.6 Å². The number of anilines is 3. The summed E-state index contributed by atoms with van der Waals surface area (Å²) in [6.07, 6.45) is 0. The van der Waals surface area contributed by atoms with Crippen LogP contribution in [-0.2, 0) is 6.54 Å². The molecule has 0 aromatic heterocycles. The van der Waals surface area contributed by atoms with Gasteiger partial charge in [0.1, 0.15) is 0 Å². The van der Waals surface area contributed by atoms with Gasteiger partial charge >= 0.3 is 0 Å². The molecule has 8 rings (SSSR count). The molecule has 0 radical (unpaired) electrons. The van der Waals surface area contributed by atoms with Crippen LogP contribution in [-0.4, -0.2) is 0 Å². The van der Waals surface area contributed by atoms with E-state index in [-0.39, 0.29) is 0 Å². The number of nitrogens with two attached hydrogens (primary N) is 1. The highest BCUT2D eigenvalue weighted by Gasteiger charge is 2.25. The van der Waals surface area contributed by atoms with Gasteiger partial charge in [0.05, 0.1) is 11.4 Å². The van der Waals surface area contributed by atoms with E-state index in [0.29, 0.717) is 6.54 Å². The molecule has 45 heavy (non-hydrogen) atoms. The molecule has 0 fully saturated rings. The Bertz CT molecular complexity index is 2310. The number of fused-ring (bicyclic) bond motifs is 3. The molecule has 0 aliphatic carbocycles. The van der Waals surface area contributed by atoms with Gasteiger partial charge in [-0.15, -0.1) is 0 Å². The van der Waals surface area contributed by atoms with Gasteiger partial charge in [-0.1, -0.05) is 146 Å². The molecule has 0 amide bonds. The number of hydrogen-bond donors (Lipinski definition) is 1. The molecule has 0 aliphatic heterocycles. The molecular formula is C43H32N2. The van der Waals surface area contributed by atoms with Gasteiger partial charge in [0.25, 0.3) is 0 Å². The van der Waals surface area contributed by atoms with E-state index in [1.54, 1.807) is 0 Å².